The van der Waals surface area contributed by atoms with E-state index in [9.17, 15) is 9.59 Å². The summed E-state index contributed by atoms with van der Waals surface area (Å²) in [5, 5.41) is 3.29. The summed E-state index contributed by atoms with van der Waals surface area (Å²) in [5.74, 6) is -0.165. The second-order valence-corrected chi connectivity index (χ2v) is 5.10. The van der Waals surface area contributed by atoms with E-state index in [4.69, 9.17) is 10.5 Å². The van der Waals surface area contributed by atoms with Crippen molar-refractivity contribution in [1.29, 1.82) is 0 Å². The minimum Gasteiger partial charge on any atom is -0.481 e. The predicted octanol–water partition coefficient (Wildman–Crippen LogP) is -0.693. The Morgan fingerprint density at radius 2 is 2.10 bits per heavy atom. The van der Waals surface area contributed by atoms with Gasteiger partial charge in [-0.1, -0.05) is 6.07 Å². The summed E-state index contributed by atoms with van der Waals surface area (Å²) >= 11 is 0. The van der Waals surface area contributed by atoms with E-state index in [0.29, 0.717) is 11.4 Å². The molecule has 0 atom stereocenters. The van der Waals surface area contributed by atoms with Crippen molar-refractivity contribution in [3.63, 3.8) is 0 Å². The predicted molar refractivity (Wildman–Crippen MR) is 78.6 cm³/mol. The van der Waals surface area contributed by atoms with Gasteiger partial charge in [-0.2, -0.15) is 0 Å². The average Bonchev–Trinajstić information content (AvgIpc) is 2.50. The Kier molecular flexibility index (Phi) is 3.66. The molecule has 7 nitrogen and oxygen atoms in total. The van der Waals surface area contributed by atoms with Crippen LogP contribution in [0.25, 0.3) is 0 Å². The van der Waals surface area contributed by atoms with Crippen LogP contribution < -0.4 is 25.6 Å². The molecule has 1 aromatic carbocycles. The minimum absolute atomic E-state index is 0.0642. The molecule has 1 aromatic rings. The number of nitrogens with one attached hydrogen (secondary N) is 1. The van der Waals surface area contributed by atoms with Gasteiger partial charge in [-0.3, -0.25) is 14.5 Å². The van der Waals surface area contributed by atoms with Crippen molar-refractivity contribution in [2.24, 2.45) is 5.73 Å². The molecule has 112 valence electrons. The van der Waals surface area contributed by atoms with Crippen molar-refractivity contribution < 1.29 is 14.3 Å². The van der Waals surface area contributed by atoms with Crippen LogP contribution in [0.1, 0.15) is 0 Å². The van der Waals surface area contributed by atoms with Crippen LogP contribution in [-0.2, 0) is 9.59 Å². The summed E-state index contributed by atoms with van der Waals surface area (Å²) in [6, 6.07) is 5.65. The summed E-state index contributed by atoms with van der Waals surface area (Å²) in [6.07, 6.45) is 0. The number of rotatable bonds is 3. The zero-order valence-electron chi connectivity index (χ0n) is 11.7. The SMILES string of the molecule is NC(=O)CN1C(=O)COc2cccc(N3CCNCC3)c21. The zero-order chi connectivity index (χ0) is 14.8. The van der Waals surface area contributed by atoms with Crippen molar-refractivity contribution >= 4 is 23.2 Å². The van der Waals surface area contributed by atoms with Gasteiger partial charge in [0.15, 0.2) is 6.61 Å². The fraction of sp³-hybridized carbons (Fsp3) is 0.429. The van der Waals surface area contributed by atoms with Crippen molar-refractivity contribution in [1.82, 2.24) is 5.32 Å². The largest absolute Gasteiger partial charge is 0.481 e. The Bertz CT molecular complexity index is 569. The van der Waals surface area contributed by atoms with Crippen LogP contribution in [0.2, 0.25) is 0 Å². The van der Waals surface area contributed by atoms with Crippen LogP contribution in [0.5, 0.6) is 5.75 Å². The lowest BCUT2D eigenvalue weighted by atomic mass is 10.1. The third-order valence-corrected chi connectivity index (χ3v) is 3.67. The summed E-state index contributed by atoms with van der Waals surface area (Å²) in [4.78, 5) is 27.0. The zero-order valence-corrected chi connectivity index (χ0v) is 11.7. The van der Waals surface area contributed by atoms with Crippen molar-refractivity contribution in [3.05, 3.63) is 18.2 Å². The molecule has 0 aliphatic carbocycles. The van der Waals surface area contributed by atoms with E-state index < -0.39 is 5.91 Å². The number of carbonyl (C=O) groups is 2. The fourth-order valence-electron chi connectivity index (χ4n) is 2.72. The first-order chi connectivity index (χ1) is 10.2. The number of hydrogen-bond acceptors (Lipinski definition) is 5. The molecular weight excluding hydrogens is 272 g/mol. The van der Waals surface area contributed by atoms with Crippen molar-refractivity contribution in [3.8, 4) is 5.75 Å². The number of nitrogens with two attached hydrogens (primary N) is 1. The van der Waals surface area contributed by atoms with E-state index in [-0.39, 0.29) is 19.1 Å². The van der Waals surface area contributed by atoms with Crippen LogP contribution in [0.15, 0.2) is 18.2 Å². The molecule has 2 aliphatic heterocycles. The van der Waals surface area contributed by atoms with E-state index in [2.05, 4.69) is 10.2 Å². The van der Waals surface area contributed by atoms with Crippen LogP contribution in [0.3, 0.4) is 0 Å². The fourth-order valence-corrected chi connectivity index (χ4v) is 2.72. The first kappa shape index (κ1) is 13.7. The van der Waals surface area contributed by atoms with Gasteiger partial charge in [0, 0.05) is 26.2 Å². The van der Waals surface area contributed by atoms with Gasteiger partial charge in [0.1, 0.15) is 18.0 Å². The first-order valence-electron chi connectivity index (χ1n) is 6.97. The highest BCUT2D eigenvalue weighted by Gasteiger charge is 2.31. The Labute approximate surface area is 122 Å². The van der Waals surface area contributed by atoms with Gasteiger partial charge in [-0.25, -0.2) is 0 Å². The van der Waals surface area contributed by atoms with Gasteiger partial charge in [-0.15, -0.1) is 0 Å². The van der Waals surface area contributed by atoms with Gasteiger partial charge >= 0.3 is 0 Å². The van der Waals surface area contributed by atoms with Crippen molar-refractivity contribution in [2.75, 3.05) is 49.1 Å². The van der Waals surface area contributed by atoms with Crippen LogP contribution >= 0.6 is 0 Å². The number of nitrogens with zero attached hydrogens (tertiary/aromatic N) is 2. The number of primary amides is 1. The number of ether oxygens (including phenoxy) is 1. The topological polar surface area (TPSA) is 87.9 Å². The number of benzene rings is 1. The Hall–Kier alpha value is -2.28. The smallest absolute Gasteiger partial charge is 0.265 e. The maximum Gasteiger partial charge on any atom is 0.265 e. The molecule has 2 aliphatic rings. The normalized spacial score (nSPS) is 18.2. The monoisotopic (exact) mass is 290 g/mol. The molecule has 3 N–H and O–H groups in total. The maximum absolute atomic E-state index is 12.1. The summed E-state index contributed by atoms with van der Waals surface area (Å²) in [5.41, 5.74) is 6.83. The maximum atomic E-state index is 12.1. The molecule has 0 saturated carbocycles. The second kappa shape index (κ2) is 5.61. The number of amides is 2. The molecule has 0 unspecified atom stereocenters. The van der Waals surface area contributed by atoms with E-state index in [0.717, 1.165) is 31.9 Å². The van der Waals surface area contributed by atoms with Crippen molar-refractivity contribution in [2.45, 2.75) is 0 Å². The van der Waals surface area contributed by atoms with E-state index in [1.807, 2.05) is 18.2 Å². The van der Waals surface area contributed by atoms with Gasteiger partial charge in [0.05, 0.1) is 5.69 Å². The third kappa shape index (κ3) is 2.64. The first-order valence-corrected chi connectivity index (χ1v) is 6.97. The lowest BCUT2D eigenvalue weighted by Crippen LogP contribution is -2.47. The molecule has 7 heteroatoms. The quantitative estimate of drug-likeness (QED) is 0.769. The molecule has 0 bridgehead atoms. The Morgan fingerprint density at radius 3 is 2.81 bits per heavy atom. The molecule has 0 spiro atoms. The average molecular weight is 290 g/mol. The van der Waals surface area contributed by atoms with E-state index in [1.54, 1.807) is 0 Å². The van der Waals surface area contributed by atoms with E-state index in [1.165, 1.54) is 4.90 Å². The molecule has 3 rings (SSSR count). The minimum atomic E-state index is -0.536. The lowest BCUT2D eigenvalue weighted by molar-refractivity contribution is -0.124. The highest BCUT2D eigenvalue weighted by atomic mass is 16.5. The molecular formula is C14H18N4O3. The molecule has 1 fully saturated rings. The third-order valence-electron chi connectivity index (χ3n) is 3.67. The summed E-state index contributed by atoms with van der Waals surface area (Å²) in [6.45, 7) is 3.26. The van der Waals surface area contributed by atoms with Crippen LogP contribution in [0, 0.1) is 0 Å². The van der Waals surface area contributed by atoms with Gasteiger partial charge in [0.25, 0.3) is 5.91 Å². The molecule has 2 amide bonds. The number of carbonyl (C=O) groups excluding carboxylic acids is 2. The molecule has 2 heterocycles. The number of hydrogen-bond donors (Lipinski definition) is 2. The summed E-state index contributed by atoms with van der Waals surface area (Å²) < 4.78 is 5.49. The highest BCUT2D eigenvalue weighted by Crippen LogP contribution is 2.40. The molecule has 0 aromatic heterocycles. The lowest BCUT2D eigenvalue weighted by Gasteiger charge is -2.36. The Balaban J connectivity index is 2.02. The van der Waals surface area contributed by atoms with Gasteiger partial charge in [-0.05, 0) is 12.1 Å². The molecule has 0 radical (unpaired) electrons. The number of anilines is 2. The highest BCUT2D eigenvalue weighted by molar-refractivity contribution is 6.05. The van der Waals surface area contributed by atoms with Gasteiger partial charge < -0.3 is 20.7 Å². The Morgan fingerprint density at radius 1 is 1.33 bits per heavy atom. The number of para-hydroxylation sites is 1. The van der Waals surface area contributed by atoms with Gasteiger partial charge in [0.2, 0.25) is 5.91 Å². The van der Waals surface area contributed by atoms with Crippen LogP contribution in [0.4, 0.5) is 11.4 Å². The summed E-state index contributed by atoms with van der Waals surface area (Å²) in [7, 11) is 0. The van der Waals surface area contributed by atoms with Crippen LogP contribution in [-0.4, -0.2) is 51.1 Å². The molecule has 21 heavy (non-hydrogen) atoms. The van der Waals surface area contributed by atoms with E-state index >= 15 is 0 Å². The number of piperazine rings is 1. The second-order valence-electron chi connectivity index (χ2n) is 5.10. The molecule has 1 saturated heterocycles. The number of fused-ring (bicyclic) bond motifs is 1. The standard InChI is InChI=1S/C14H18N4O3/c15-12(19)8-18-13(20)9-21-11-3-1-2-10(14(11)18)17-6-4-16-5-7-17/h1-3,16H,4-9H2,(H2,15,19).